The van der Waals surface area contributed by atoms with E-state index in [1.54, 1.807) is 6.07 Å². The van der Waals surface area contributed by atoms with E-state index in [-0.39, 0.29) is 35.2 Å². The molecule has 7 heteroatoms. The van der Waals surface area contributed by atoms with Crippen molar-refractivity contribution in [2.75, 3.05) is 0 Å². The standard InChI is InChI=1S/C11H8ClFN2O3/c12-10-6(2-1-3-7(10)13)11-15-14-8(18-11)4-5-9(16)17/h1-3H,4-5H2,(H,16,17). The number of rotatable bonds is 4. The number of aliphatic carboxylic acids is 1. The number of carboxylic acids is 1. The van der Waals surface area contributed by atoms with Crippen molar-refractivity contribution in [3.05, 3.63) is 34.9 Å². The minimum absolute atomic E-state index is 0.0693. The van der Waals surface area contributed by atoms with Crippen molar-refractivity contribution in [2.45, 2.75) is 12.8 Å². The molecule has 0 bridgehead atoms. The van der Waals surface area contributed by atoms with Crippen molar-refractivity contribution in [1.29, 1.82) is 0 Å². The van der Waals surface area contributed by atoms with Crippen molar-refractivity contribution >= 4 is 17.6 Å². The van der Waals surface area contributed by atoms with Gasteiger partial charge in [-0.25, -0.2) is 4.39 Å². The molecule has 1 aromatic carbocycles. The molecule has 18 heavy (non-hydrogen) atoms. The van der Waals surface area contributed by atoms with Gasteiger partial charge in [0.05, 0.1) is 17.0 Å². The van der Waals surface area contributed by atoms with Crippen LogP contribution in [-0.4, -0.2) is 21.3 Å². The third kappa shape index (κ3) is 2.65. The molecule has 0 aliphatic carbocycles. The van der Waals surface area contributed by atoms with Crippen LogP contribution in [0.3, 0.4) is 0 Å². The predicted octanol–water partition coefficient (Wildman–Crippen LogP) is 2.55. The number of aromatic nitrogens is 2. The molecule has 0 unspecified atom stereocenters. The zero-order chi connectivity index (χ0) is 13.1. The fraction of sp³-hybridized carbons (Fsp3) is 0.182. The second-order valence-electron chi connectivity index (χ2n) is 3.50. The first-order valence-corrected chi connectivity index (χ1v) is 5.44. The third-order valence-electron chi connectivity index (χ3n) is 2.20. The number of carboxylic acid groups (broad SMARTS) is 1. The smallest absolute Gasteiger partial charge is 0.303 e. The lowest BCUT2D eigenvalue weighted by Gasteiger charge is -1.98. The lowest BCUT2D eigenvalue weighted by Crippen LogP contribution is -1.97. The van der Waals surface area contributed by atoms with Crippen molar-refractivity contribution in [2.24, 2.45) is 0 Å². The van der Waals surface area contributed by atoms with E-state index < -0.39 is 11.8 Å². The Morgan fingerprint density at radius 3 is 2.94 bits per heavy atom. The van der Waals surface area contributed by atoms with Gasteiger partial charge < -0.3 is 9.52 Å². The number of benzene rings is 1. The summed E-state index contributed by atoms with van der Waals surface area (Å²) in [5, 5.41) is 15.8. The minimum Gasteiger partial charge on any atom is -0.481 e. The monoisotopic (exact) mass is 270 g/mol. The van der Waals surface area contributed by atoms with Gasteiger partial charge in [0.15, 0.2) is 0 Å². The highest BCUT2D eigenvalue weighted by atomic mass is 35.5. The number of hydrogen-bond acceptors (Lipinski definition) is 4. The van der Waals surface area contributed by atoms with Crippen molar-refractivity contribution < 1.29 is 18.7 Å². The van der Waals surface area contributed by atoms with Gasteiger partial charge >= 0.3 is 5.97 Å². The topological polar surface area (TPSA) is 76.2 Å². The molecule has 1 aromatic heterocycles. The molecule has 0 aliphatic rings. The van der Waals surface area contributed by atoms with E-state index >= 15 is 0 Å². The van der Waals surface area contributed by atoms with Crippen LogP contribution >= 0.6 is 11.6 Å². The molecule has 0 amide bonds. The third-order valence-corrected chi connectivity index (χ3v) is 2.59. The van der Waals surface area contributed by atoms with Crippen LogP contribution in [0, 0.1) is 5.82 Å². The molecule has 5 nitrogen and oxygen atoms in total. The molecule has 0 saturated carbocycles. The summed E-state index contributed by atoms with van der Waals surface area (Å²) in [5.41, 5.74) is 0.283. The average Bonchev–Trinajstić information content (AvgIpc) is 2.78. The summed E-state index contributed by atoms with van der Waals surface area (Å²) in [6.07, 6.45) is 0.00772. The highest BCUT2D eigenvalue weighted by Crippen LogP contribution is 2.28. The van der Waals surface area contributed by atoms with Gasteiger partial charge in [0.1, 0.15) is 5.82 Å². The Hall–Kier alpha value is -1.95. The van der Waals surface area contributed by atoms with Gasteiger partial charge in [0.25, 0.3) is 0 Å². The first-order chi connectivity index (χ1) is 8.58. The Bertz CT molecular complexity index is 585. The minimum atomic E-state index is -0.960. The Labute approximate surface area is 106 Å². The Balaban J connectivity index is 2.24. The van der Waals surface area contributed by atoms with Crippen LogP contribution in [0.25, 0.3) is 11.5 Å². The maximum Gasteiger partial charge on any atom is 0.303 e. The van der Waals surface area contributed by atoms with Gasteiger partial charge in [0.2, 0.25) is 11.8 Å². The highest BCUT2D eigenvalue weighted by Gasteiger charge is 2.14. The first kappa shape index (κ1) is 12.5. The highest BCUT2D eigenvalue weighted by molar-refractivity contribution is 6.33. The first-order valence-electron chi connectivity index (χ1n) is 5.06. The number of nitrogens with zero attached hydrogens (tertiary/aromatic N) is 2. The molecule has 1 heterocycles. The predicted molar refractivity (Wildman–Crippen MR) is 60.7 cm³/mol. The van der Waals surface area contributed by atoms with Crippen LogP contribution in [0.15, 0.2) is 22.6 Å². The largest absolute Gasteiger partial charge is 0.481 e. The van der Waals surface area contributed by atoms with E-state index in [9.17, 15) is 9.18 Å². The molecule has 0 atom stereocenters. The second-order valence-corrected chi connectivity index (χ2v) is 3.87. The van der Waals surface area contributed by atoms with Crippen LogP contribution in [0.1, 0.15) is 12.3 Å². The SMILES string of the molecule is O=C(O)CCc1nnc(-c2cccc(F)c2Cl)o1. The van der Waals surface area contributed by atoms with Gasteiger partial charge in [-0.3, -0.25) is 4.79 Å². The van der Waals surface area contributed by atoms with Gasteiger partial charge in [-0.05, 0) is 12.1 Å². The fourth-order valence-corrected chi connectivity index (χ4v) is 1.55. The van der Waals surface area contributed by atoms with E-state index in [0.717, 1.165) is 0 Å². The molecule has 0 spiro atoms. The zero-order valence-electron chi connectivity index (χ0n) is 9.06. The number of aryl methyl sites for hydroxylation is 1. The van der Waals surface area contributed by atoms with Crippen LogP contribution in [0.5, 0.6) is 0 Å². The van der Waals surface area contributed by atoms with E-state index in [1.165, 1.54) is 12.1 Å². The molecule has 1 N–H and O–H groups in total. The summed E-state index contributed by atoms with van der Waals surface area (Å²) in [5.74, 6) is -1.30. The molecule has 94 valence electrons. The summed E-state index contributed by atoms with van der Waals surface area (Å²) in [7, 11) is 0. The molecule has 2 aromatic rings. The molecule has 0 fully saturated rings. The number of halogens is 2. The number of carbonyl (C=O) groups is 1. The summed E-state index contributed by atoms with van der Waals surface area (Å²) in [6.45, 7) is 0. The Kier molecular flexibility index (Phi) is 3.57. The van der Waals surface area contributed by atoms with E-state index in [0.29, 0.717) is 0 Å². The summed E-state index contributed by atoms with van der Waals surface area (Å²) in [6, 6.07) is 4.23. The van der Waals surface area contributed by atoms with E-state index in [4.69, 9.17) is 21.1 Å². The molecule has 0 aliphatic heterocycles. The summed E-state index contributed by atoms with van der Waals surface area (Å²) in [4.78, 5) is 10.4. The Morgan fingerprint density at radius 1 is 1.44 bits per heavy atom. The maximum atomic E-state index is 13.2. The quantitative estimate of drug-likeness (QED) is 0.924. The van der Waals surface area contributed by atoms with Crippen LogP contribution in [-0.2, 0) is 11.2 Å². The van der Waals surface area contributed by atoms with Gasteiger partial charge in [0, 0.05) is 6.42 Å². The van der Waals surface area contributed by atoms with E-state index in [2.05, 4.69) is 10.2 Å². The second kappa shape index (κ2) is 5.14. The molecule has 0 saturated heterocycles. The van der Waals surface area contributed by atoms with Gasteiger partial charge in [-0.15, -0.1) is 10.2 Å². The van der Waals surface area contributed by atoms with Crippen molar-refractivity contribution in [3.63, 3.8) is 0 Å². The van der Waals surface area contributed by atoms with Gasteiger partial charge in [-0.2, -0.15) is 0 Å². The van der Waals surface area contributed by atoms with Crippen LogP contribution in [0.2, 0.25) is 5.02 Å². The maximum absolute atomic E-state index is 13.2. The van der Waals surface area contributed by atoms with Crippen molar-refractivity contribution in [1.82, 2.24) is 10.2 Å². The van der Waals surface area contributed by atoms with Gasteiger partial charge in [-0.1, -0.05) is 17.7 Å². The Morgan fingerprint density at radius 2 is 2.22 bits per heavy atom. The van der Waals surface area contributed by atoms with Crippen LogP contribution < -0.4 is 0 Å². The molecule has 0 radical (unpaired) electrons. The van der Waals surface area contributed by atoms with Crippen molar-refractivity contribution in [3.8, 4) is 11.5 Å². The lowest BCUT2D eigenvalue weighted by atomic mass is 10.2. The fourth-order valence-electron chi connectivity index (χ4n) is 1.35. The molecular formula is C11H8ClFN2O3. The molecule has 2 rings (SSSR count). The normalized spacial score (nSPS) is 10.6. The zero-order valence-corrected chi connectivity index (χ0v) is 9.82. The lowest BCUT2D eigenvalue weighted by molar-refractivity contribution is -0.137. The summed E-state index contributed by atoms with van der Waals surface area (Å²) >= 11 is 5.77. The summed E-state index contributed by atoms with van der Waals surface area (Å²) < 4.78 is 18.4. The number of hydrogen-bond donors (Lipinski definition) is 1. The van der Waals surface area contributed by atoms with E-state index in [1.807, 2.05) is 0 Å². The average molecular weight is 271 g/mol. The van der Waals surface area contributed by atoms with Crippen LogP contribution in [0.4, 0.5) is 4.39 Å². The molecular weight excluding hydrogens is 263 g/mol.